The van der Waals surface area contributed by atoms with E-state index >= 15 is 0 Å². The number of aromatic nitrogens is 2. The van der Waals surface area contributed by atoms with Gasteiger partial charge in [-0.05, 0) is 86.8 Å². The molecular weight excluding hydrogens is 596 g/mol. The molecule has 5 aromatic rings. The lowest BCUT2D eigenvalue weighted by Gasteiger charge is -2.20. The zero-order chi connectivity index (χ0) is 32.3. The third-order valence-electron chi connectivity index (χ3n) is 8.16. The van der Waals surface area contributed by atoms with Gasteiger partial charge in [0, 0.05) is 45.6 Å². The van der Waals surface area contributed by atoms with E-state index in [1.807, 2.05) is 44.4 Å². The topological polar surface area (TPSA) is 168 Å². The van der Waals surface area contributed by atoms with Gasteiger partial charge in [0.15, 0.2) is 11.2 Å². The van der Waals surface area contributed by atoms with Gasteiger partial charge in [0.1, 0.15) is 17.3 Å². The molecule has 0 saturated heterocycles. The van der Waals surface area contributed by atoms with Crippen molar-refractivity contribution in [3.05, 3.63) is 92.8 Å². The van der Waals surface area contributed by atoms with Crippen LogP contribution in [0, 0.1) is 27.7 Å². The highest BCUT2D eigenvalue weighted by molar-refractivity contribution is 7.08. The number of hydrogen-bond donors (Lipinski definition) is 4. The van der Waals surface area contributed by atoms with Crippen LogP contribution in [0.1, 0.15) is 52.9 Å². The number of Topliss-reactive ketones (excluding diaryl/α,β-unsaturated/α-hetero) is 1. The molecular formula is C33H30N4O7S. The number of carbonyl (C=O) groups excluding carboxylic acids is 3. The zero-order valence-electron chi connectivity index (χ0n) is 25.1. The van der Waals surface area contributed by atoms with E-state index in [0.29, 0.717) is 39.6 Å². The first-order valence-electron chi connectivity index (χ1n) is 14.1. The van der Waals surface area contributed by atoms with Crippen molar-refractivity contribution in [2.24, 2.45) is 0 Å². The number of rotatable bonds is 5. The van der Waals surface area contributed by atoms with Gasteiger partial charge in [-0.3, -0.25) is 14.4 Å². The van der Waals surface area contributed by atoms with Crippen LogP contribution in [0.4, 0.5) is 11.4 Å². The Morgan fingerprint density at radius 1 is 0.822 bits per heavy atom. The van der Waals surface area contributed by atoms with E-state index < -0.39 is 23.0 Å². The average Bonchev–Trinajstić information content (AvgIpc) is 3.80. The van der Waals surface area contributed by atoms with Gasteiger partial charge in [-0.1, -0.05) is 22.4 Å². The van der Waals surface area contributed by atoms with Crippen molar-refractivity contribution in [1.82, 2.24) is 10.3 Å². The lowest BCUT2D eigenvalue weighted by atomic mass is 9.87. The van der Waals surface area contributed by atoms with Crippen molar-refractivity contribution in [3.8, 4) is 22.3 Å². The first-order valence-corrected chi connectivity index (χ1v) is 15.0. The minimum Gasteiger partial charge on any atom is -0.375 e. The maximum absolute atomic E-state index is 12.4. The van der Waals surface area contributed by atoms with E-state index in [0.717, 1.165) is 33.6 Å². The van der Waals surface area contributed by atoms with Gasteiger partial charge in [-0.2, -0.15) is 11.3 Å². The Kier molecular flexibility index (Phi) is 7.31. The standard InChI is InChI=1S/C17H14N2O3S.C16H16N2O4/c1-9-15(10(2)22-19-9)11-3-4-14-13(7-11)17(21,16(20)18-14)12-5-6-23-8-12;1-8(19)7-16(21)12-6-11(4-5-13(12)17-15(16)20)14-9(2)18-22-10(14)3/h3-8,21H,1-2H3,(H,18,20);4-6,21H,7H2,1-3H3,(H,17,20). The summed E-state index contributed by atoms with van der Waals surface area (Å²) in [7, 11) is 0. The molecule has 0 aliphatic carbocycles. The summed E-state index contributed by atoms with van der Waals surface area (Å²) in [5, 5.41) is 38.6. The molecule has 4 N–H and O–H groups in total. The summed E-state index contributed by atoms with van der Waals surface area (Å²) in [6.45, 7) is 8.68. The number of hydrogen-bond acceptors (Lipinski definition) is 10. The number of fused-ring (bicyclic) bond motifs is 2. The number of benzene rings is 2. The second kappa shape index (κ2) is 10.9. The molecule has 2 aliphatic rings. The fraction of sp³-hybridized carbons (Fsp3) is 0.242. The molecule has 7 rings (SSSR count). The summed E-state index contributed by atoms with van der Waals surface area (Å²) in [5.41, 5.74) is 4.07. The van der Waals surface area contributed by atoms with Crippen LogP contribution in [0.15, 0.2) is 62.3 Å². The van der Waals surface area contributed by atoms with Crippen molar-refractivity contribution < 1.29 is 33.6 Å². The predicted octanol–water partition coefficient (Wildman–Crippen LogP) is 5.29. The van der Waals surface area contributed by atoms with Gasteiger partial charge in [-0.25, -0.2) is 0 Å². The molecule has 2 aliphatic heterocycles. The van der Waals surface area contributed by atoms with Gasteiger partial charge >= 0.3 is 0 Å². The molecule has 0 spiro atoms. The Morgan fingerprint density at radius 2 is 1.36 bits per heavy atom. The lowest BCUT2D eigenvalue weighted by Crippen LogP contribution is -2.36. The number of carbonyl (C=O) groups is 3. The quantitative estimate of drug-likeness (QED) is 0.203. The molecule has 12 heteroatoms. The van der Waals surface area contributed by atoms with Gasteiger partial charge in [-0.15, -0.1) is 0 Å². The molecule has 5 heterocycles. The van der Waals surface area contributed by atoms with Crippen molar-refractivity contribution in [1.29, 1.82) is 0 Å². The molecule has 2 atom stereocenters. The van der Waals surface area contributed by atoms with Gasteiger partial charge in [0.05, 0.1) is 11.4 Å². The van der Waals surface area contributed by atoms with Crippen LogP contribution < -0.4 is 10.6 Å². The van der Waals surface area contributed by atoms with E-state index in [-0.39, 0.29) is 12.2 Å². The van der Waals surface area contributed by atoms with Crippen LogP contribution in [0.2, 0.25) is 0 Å². The third-order valence-corrected chi connectivity index (χ3v) is 8.85. The largest absolute Gasteiger partial charge is 0.375 e. The molecule has 230 valence electrons. The van der Waals surface area contributed by atoms with Crippen LogP contribution in [0.3, 0.4) is 0 Å². The van der Waals surface area contributed by atoms with E-state index in [1.165, 1.54) is 18.3 Å². The molecule has 0 radical (unpaired) electrons. The number of nitrogens with one attached hydrogen (secondary N) is 2. The monoisotopic (exact) mass is 626 g/mol. The zero-order valence-corrected chi connectivity index (χ0v) is 26.0. The molecule has 3 aromatic heterocycles. The van der Waals surface area contributed by atoms with Crippen molar-refractivity contribution >= 4 is 40.3 Å². The number of ketones is 1. The van der Waals surface area contributed by atoms with Crippen LogP contribution >= 0.6 is 11.3 Å². The van der Waals surface area contributed by atoms with Gasteiger partial charge in [0.2, 0.25) is 0 Å². The highest BCUT2D eigenvalue weighted by Gasteiger charge is 2.48. The normalized spacial score (nSPS) is 19.8. The SMILES string of the molecule is CC(=O)CC1(O)C(=O)Nc2ccc(-c3c(C)noc3C)cc21.Cc1noc(C)c1-c1ccc2c(c1)C(O)(c1ccsc1)C(=O)N2. The maximum Gasteiger partial charge on any atom is 0.265 e. The number of aryl methyl sites for hydroxylation is 4. The fourth-order valence-corrected chi connectivity index (χ4v) is 6.72. The van der Waals surface area contributed by atoms with Crippen molar-refractivity contribution in [3.63, 3.8) is 0 Å². The number of thiophene rings is 1. The first-order chi connectivity index (χ1) is 21.3. The maximum atomic E-state index is 12.4. The highest BCUT2D eigenvalue weighted by Crippen LogP contribution is 2.44. The summed E-state index contributed by atoms with van der Waals surface area (Å²) in [4.78, 5) is 35.9. The minimum absolute atomic E-state index is 0.253. The third kappa shape index (κ3) is 4.87. The average molecular weight is 627 g/mol. The molecule has 0 fully saturated rings. The number of aliphatic hydroxyl groups is 2. The van der Waals surface area contributed by atoms with Gasteiger partial charge in [0.25, 0.3) is 11.8 Å². The summed E-state index contributed by atoms with van der Waals surface area (Å²) in [5.74, 6) is 0.104. The fourth-order valence-electron chi connectivity index (χ4n) is 6.03. The van der Waals surface area contributed by atoms with Gasteiger partial charge < -0.3 is 29.9 Å². The Labute approximate surface area is 261 Å². The van der Waals surface area contributed by atoms with Crippen LogP contribution in [0.25, 0.3) is 22.3 Å². The summed E-state index contributed by atoms with van der Waals surface area (Å²) in [6, 6.07) is 12.5. The van der Waals surface area contributed by atoms with E-state index in [4.69, 9.17) is 9.05 Å². The Balaban J connectivity index is 0.000000159. The number of amides is 2. The number of anilines is 2. The summed E-state index contributed by atoms with van der Waals surface area (Å²) >= 11 is 1.44. The minimum atomic E-state index is -1.82. The molecule has 0 saturated carbocycles. The molecule has 2 amide bonds. The highest BCUT2D eigenvalue weighted by atomic mass is 32.1. The van der Waals surface area contributed by atoms with E-state index in [1.54, 1.807) is 36.6 Å². The molecule has 2 unspecified atom stereocenters. The molecule has 2 aromatic carbocycles. The summed E-state index contributed by atoms with van der Waals surface area (Å²) in [6.07, 6.45) is -0.253. The van der Waals surface area contributed by atoms with E-state index in [9.17, 15) is 24.6 Å². The van der Waals surface area contributed by atoms with Crippen LogP contribution in [0.5, 0.6) is 0 Å². The molecule has 0 bridgehead atoms. The predicted molar refractivity (Wildman–Crippen MR) is 167 cm³/mol. The Hall–Kier alpha value is -4.91. The summed E-state index contributed by atoms with van der Waals surface area (Å²) < 4.78 is 10.4. The Morgan fingerprint density at radius 3 is 1.84 bits per heavy atom. The lowest BCUT2D eigenvalue weighted by molar-refractivity contribution is -0.139. The molecule has 45 heavy (non-hydrogen) atoms. The molecule has 11 nitrogen and oxygen atoms in total. The number of nitrogens with zero attached hydrogens (tertiary/aromatic N) is 2. The van der Waals surface area contributed by atoms with Crippen LogP contribution in [-0.2, 0) is 25.6 Å². The van der Waals surface area contributed by atoms with Crippen molar-refractivity contribution in [2.75, 3.05) is 10.6 Å². The Bertz CT molecular complexity index is 1950. The second-order valence-electron chi connectivity index (χ2n) is 11.3. The second-order valence-corrected chi connectivity index (χ2v) is 12.1. The first kappa shape index (κ1) is 30.1. The van der Waals surface area contributed by atoms with E-state index in [2.05, 4.69) is 20.9 Å². The smallest absolute Gasteiger partial charge is 0.265 e. The van der Waals surface area contributed by atoms with Crippen molar-refractivity contribution in [2.45, 2.75) is 52.2 Å². The van der Waals surface area contributed by atoms with Crippen LogP contribution in [-0.4, -0.2) is 38.1 Å².